The molecule has 0 heterocycles. The topological polar surface area (TPSA) is 58.6 Å². The van der Waals surface area contributed by atoms with Crippen LogP contribution in [0.3, 0.4) is 0 Å². The van der Waals surface area contributed by atoms with Gasteiger partial charge in [-0.3, -0.25) is 9.59 Å². The first-order chi connectivity index (χ1) is 9.51. The second-order valence-corrected chi connectivity index (χ2v) is 4.57. The first kappa shape index (κ1) is 16.3. The Kier molecular flexibility index (Phi) is 6.31. The Labute approximate surface area is 123 Å². The number of nitrogens with zero attached hydrogens (tertiary/aromatic N) is 1. The number of benzene rings is 1. The van der Waals surface area contributed by atoms with E-state index in [1.807, 2.05) is 13.8 Å². The number of ether oxygens (including phenoxy) is 1. The number of hydrogen-bond donors (Lipinski definition) is 1. The highest BCUT2D eigenvalue weighted by atomic mass is 35.5. The van der Waals surface area contributed by atoms with Gasteiger partial charge in [0.25, 0.3) is 0 Å². The summed E-state index contributed by atoms with van der Waals surface area (Å²) in [4.78, 5) is 25.3. The highest BCUT2D eigenvalue weighted by Crippen LogP contribution is 2.27. The molecule has 0 unspecified atom stereocenters. The van der Waals surface area contributed by atoms with E-state index < -0.39 is 0 Å². The van der Waals surface area contributed by atoms with Gasteiger partial charge >= 0.3 is 0 Å². The Morgan fingerprint density at radius 3 is 2.50 bits per heavy atom. The molecule has 0 aliphatic carbocycles. The summed E-state index contributed by atoms with van der Waals surface area (Å²) < 4.78 is 5.13. The number of methoxy groups -OCH3 is 1. The van der Waals surface area contributed by atoms with Crippen molar-refractivity contribution in [3.05, 3.63) is 23.2 Å². The summed E-state index contributed by atoms with van der Waals surface area (Å²) >= 11 is 5.88. The molecule has 1 aromatic carbocycles. The molecular weight excluding hydrogens is 280 g/mol. The van der Waals surface area contributed by atoms with Crippen LogP contribution in [0, 0.1) is 0 Å². The van der Waals surface area contributed by atoms with Crippen LogP contribution < -0.4 is 10.1 Å². The molecule has 0 radical (unpaired) electrons. The summed E-state index contributed by atoms with van der Waals surface area (Å²) in [5.41, 5.74) is 0.456. The van der Waals surface area contributed by atoms with Crippen LogP contribution in [-0.2, 0) is 9.59 Å². The predicted octanol–water partition coefficient (Wildman–Crippen LogP) is 2.55. The van der Waals surface area contributed by atoms with Gasteiger partial charge < -0.3 is 15.0 Å². The Morgan fingerprint density at radius 2 is 1.95 bits per heavy atom. The van der Waals surface area contributed by atoms with Crippen molar-refractivity contribution in [3.8, 4) is 5.75 Å². The number of nitrogens with one attached hydrogen (secondary N) is 1. The molecule has 0 fully saturated rings. The van der Waals surface area contributed by atoms with Crippen molar-refractivity contribution >= 4 is 29.1 Å². The molecule has 20 heavy (non-hydrogen) atoms. The van der Waals surface area contributed by atoms with Gasteiger partial charge in [-0.05, 0) is 32.0 Å². The van der Waals surface area contributed by atoms with Crippen molar-refractivity contribution < 1.29 is 14.3 Å². The van der Waals surface area contributed by atoms with Gasteiger partial charge in [0.1, 0.15) is 12.2 Å². The van der Waals surface area contributed by atoms with Crippen LogP contribution in [0.25, 0.3) is 0 Å². The molecule has 0 aliphatic rings. The lowest BCUT2D eigenvalue weighted by Gasteiger charge is -2.18. The van der Waals surface area contributed by atoms with Crippen LogP contribution >= 0.6 is 11.6 Å². The quantitative estimate of drug-likeness (QED) is 0.821. The second kappa shape index (κ2) is 7.75. The monoisotopic (exact) mass is 298 g/mol. The number of anilines is 1. The minimum atomic E-state index is -0.387. The lowest BCUT2D eigenvalue weighted by Crippen LogP contribution is -2.33. The van der Waals surface area contributed by atoms with E-state index in [9.17, 15) is 9.59 Å². The van der Waals surface area contributed by atoms with Crippen LogP contribution in [0.4, 0.5) is 5.69 Å². The van der Waals surface area contributed by atoms with E-state index in [1.165, 1.54) is 7.11 Å². The number of halogens is 1. The largest absolute Gasteiger partial charge is 0.495 e. The van der Waals surface area contributed by atoms with Crippen molar-refractivity contribution in [2.75, 3.05) is 25.5 Å². The summed E-state index contributed by atoms with van der Waals surface area (Å²) in [5, 5.41) is 3.12. The number of rotatable bonds is 6. The molecule has 1 aromatic rings. The third-order valence-electron chi connectivity index (χ3n) is 2.86. The first-order valence-corrected chi connectivity index (χ1v) is 6.80. The molecule has 1 N–H and O–H groups in total. The molecule has 5 nitrogen and oxygen atoms in total. The molecule has 0 aromatic heterocycles. The minimum absolute atomic E-state index is 0.197. The predicted molar refractivity (Wildman–Crippen MR) is 79.2 cm³/mol. The Hall–Kier alpha value is -1.75. The Morgan fingerprint density at radius 1 is 1.30 bits per heavy atom. The van der Waals surface area contributed by atoms with Gasteiger partial charge in [0.2, 0.25) is 11.8 Å². The molecule has 0 saturated carbocycles. The van der Waals surface area contributed by atoms with Crippen LogP contribution in [0.15, 0.2) is 18.2 Å². The number of hydrogen-bond acceptors (Lipinski definition) is 3. The maximum atomic E-state index is 11.9. The summed E-state index contributed by atoms with van der Waals surface area (Å²) in [5.74, 6) is -0.0889. The van der Waals surface area contributed by atoms with Crippen molar-refractivity contribution in [2.24, 2.45) is 0 Å². The van der Waals surface area contributed by atoms with Gasteiger partial charge in [0.15, 0.2) is 0 Å². The van der Waals surface area contributed by atoms with Gasteiger partial charge in [-0.15, -0.1) is 0 Å². The smallest absolute Gasteiger partial charge is 0.233 e. The van der Waals surface area contributed by atoms with Gasteiger partial charge in [-0.25, -0.2) is 0 Å². The maximum Gasteiger partial charge on any atom is 0.233 e. The zero-order chi connectivity index (χ0) is 15.1. The molecule has 0 saturated heterocycles. The fourth-order valence-corrected chi connectivity index (χ4v) is 1.97. The molecule has 0 bridgehead atoms. The number of carbonyl (C=O) groups is 2. The zero-order valence-corrected chi connectivity index (χ0v) is 12.7. The number of amides is 2. The highest BCUT2D eigenvalue weighted by molar-refractivity contribution is 6.31. The molecule has 2 amide bonds. The fourth-order valence-electron chi connectivity index (χ4n) is 1.80. The summed E-state index contributed by atoms with van der Waals surface area (Å²) in [6.07, 6.45) is -0.197. The maximum absolute atomic E-state index is 11.9. The molecule has 0 atom stereocenters. The highest BCUT2D eigenvalue weighted by Gasteiger charge is 2.16. The molecule has 1 rings (SSSR count). The third-order valence-corrected chi connectivity index (χ3v) is 3.10. The van der Waals surface area contributed by atoms with Crippen LogP contribution in [-0.4, -0.2) is 36.9 Å². The summed E-state index contributed by atoms with van der Waals surface area (Å²) in [6, 6.07) is 4.90. The normalized spacial score (nSPS) is 10.0. The molecule has 0 spiro atoms. The molecule has 6 heteroatoms. The van der Waals surface area contributed by atoms with E-state index in [0.29, 0.717) is 29.5 Å². The molecule has 0 aliphatic heterocycles. The summed E-state index contributed by atoms with van der Waals surface area (Å²) in [6.45, 7) is 4.92. The fraction of sp³-hybridized carbons (Fsp3) is 0.429. The van der Waals surface area contributed by atoms with Crippen molar-refractivity contribution in [3.63, 3.8) is 0 Å². The van der Waals surface area contributed by atoms with E-state index in [2.05, 4.69) is 5.32 Å². The number of carbonyl (C=O) groups excluding carboxylic acids is 2. The Bertz CT molecular complexity index is 487. The minimum Gasteiger partial charge on any atom is -0.495 e. The van der Waals surface area contributed by atoms with Gasteiger partial charge in [-0.2, -0.15) is 0 Å². The standard InChI is InChI=1S/C14H19ClN2O3/c1-4-17(5-2)14(19)9-13(18)16-11-8-10(15)6-7-12(11)20-3/h6-8H,4-5,9H2,1-3H3,(H,16,18). The van der Waals surface area contributed by atoms with Crippen LogP contribution in [0.5, 0.6) is 5.75 Å². The van der Waals surface area contributed by atoms with Crippen molar-refractivity contribution in [2.45, 2.75) is 20.3 Å². The van der Waals surface area contributed by atoms with Crippen molar-refractivity contribution in [1.29, 1.82) is 0 Å². The van der Waals surface area contributed by atoms with Crippen LogP contribution in [0.2, 0.25) is 5.02 Å². The second-order valence-electron chi connectivity index (χ2n) is 4.14. The molecule has 110 valence electrons. The van der Waals surface area contributed by atoms with Gasteiger partial charge in [0.05, 0.1) is 12.8 Å². The van der Waals surface area contributed by atoms with Crippen LogP contribution in [0.1, 0.15) is 20.3 Å². The summed E-state index contributed by atoms with van der Waals surface area (Å²) in [7, 11) is 1.50. The van der Waals surface area contributed by atoms with E-state index >= 15 is 0 Å². The average Bonchev–Trinajstić information content (AvgIpc) is 2.40. The average molecular weight is 299 g/mol. The van der Waals surface area contributed by atoms with Gasteiger partial charge in [0, 0.05) is 18.1 Å². The lowest BCUT2D eigenvalue weighted by molar-refractivity contribution is -0.134. The lowest BCUT2D eigenvalue weighted by atomic mass is 10.2. The van der Waals surface area contributed by atoms with E-state index in [4.69, 9.17) is 16.3 Å². The van der Waals surface area contributed by atoms with E-state index in [1.54, 1.807) is 23.1 Å². The Balaban J connectivity index is 2.71. The first-order valence-electron chi connectivity index (χ1n) is 6.43. The van der Waals surface area contributed by atoms with E-state index in [0.717, 1.165) is 0 Å². The zero-order valence-electron chi connectivity index (χ0n) is 11.9. The molecular formula is C14H19ClN2O3. The third kappa shape index (κ3) is 4.42. The SMILES string of the molecule is CCN(CC)C(=O)CC(=O)Nc1cc(Cl)ccc1OC. The van der Waals surface area contributed by atoms with Crippen molar-refractivity contribution in [1.82, 2.24) is 4.90 Å². The van der Waals surface area contributed by atoms with Gasteiger partial charge in [-0.1, -0.05) is 11.6 Å². The van der Waals surface area contributed by atoms with E-state index in [-0.39, 0.29) is 18.2 Å².